The molecule has 31 heavy (non-hydrogen) atoms. The summed E-state index contributed by atoms with van der Waals surface area (Å²) >= 11 is 1.97. The number of hydrogen-bond acceptors (Lipinski definition) is 6. The summed E-state index contributed by atoms with van der Waals surface area (Å²) in [4.78, 5) is 35.6. The molecule has 0 aliphatic rings. The predicted molar refractivity (Wildman–Crippen MR) is 110 cm³/mol. The molecule has 0 aliphatic heterocycles. The first-order valence-corrected chi connectivity index (χ1v) is 10.6. The van der Waals surface area contributed by atoms with Crippen molar-refractivity contribution in [2.45, 2.75) is 11.3 Å². The fourth-order valence-electron chi connectivity index (χ4n) is 2.86. The van der Waals surface area contributed by atoms with Gasteiger partial charge in [-0.2, -0.15) is 13.2 Å². The number of Topliss-reactive ketones (excluding diaryl/α,β-unsaturated/α-hetero) is 1. The van der Waals surface area contributed by atoms with Crippen molar-refractivity contribution in [3.05, 3.63) is 75.1 Å². The quantitative estimate of drug-likeness (QED) is 0.190. The molecule has 4 rings (SSSR count). The summed E-state index contributed by atoms with van der Waals surface area (Å²) < 4.78 is 54.6. The third-order valence-corrected chi connectivity index (χ3v) is 6.01. The number of hydrogen-bond donors (Lipinski definition) is 1. The lowest BCUT2D eigenvalue weighted by molar-refractivity contribution is -0.136. The van der Waals surface area contributed by atoms with E-state index in [1.807, 2.05) is 0 Å². The number of fused-ring (bicyclic) bond motifs is 1. The van der Waals surface area contributed by atoms with E-state index >= 15 is 0 Å². The van der Waals surface area contributed by atoms with Gasteiger partial charge in [0, 0.05) is 0 Å². The number of ketones is 1. The van der Waals surface area contributed by atoms with E-state index in [-0.39, 0.29) is 27.8 Å². The molecule has 5 nitrogen and oxygen atoms in total. The van der Waals surface area contributed by atoms with Gasteiger partial charge in [0.25, 0.3) is 5.56 Å². The van der Waals surface area contributed by atoms with Crippen LogP contribution in [0.4, 0.5) is 17.6 Å². The standard InChI is InChI=1S/C20H11F4N3O2S2/c21-12-5-2-1-4-10(12)14(28)9-31-19-26-17-16(18(29)27-19)11(20(22,23)24)8-13(25-17)15-6-3-7-30-15/h1-8H,9H2,(H,25,26,27,29). The molecule has 0 saturated carbocycles. The zero-order valence-corrected chi connectivity index (χ0v) is 17.0. The van der Waals surface area contributed by atoms with Crippen molar-refractivity contribution in [2.75, 3.05) is 5.75 Å². The Bertz CT molecular complexity index is 1330. The third-order valence-electron chi connectivity index (χ3n) is 4.25. The Labute approximate surface area is 180 Å². The predicted octanol–water partition coefficient (Wildman–Crippen LogP) is 5.18. The largest absolute Gasteiger partial charge is 0.417 e. The first-order chi connectivity index (χ1) is 14.7. The van der Waals surface area contributed by atoms with Crippen molar-refractivity contribution >= 4 is 39.9 Å². The number of pyridine rings is 1. The number of carbonyl (C=O) groups is 1. The van der Waals surface area contributed by atoms with Gasteiger partial charge < -0.3 is 4.98 Å². The Balaban J connectivity index is 1.74. The Hall–Kier alpha value is -3.05. The highest BCUT2D eigenvalue weighted by Crippen LogP contribution is 2.36. The molecule has 0 bridgehead atoms. The van der Waals surface area contributed by atoms with Crippen molar-refractivity contribution in [3.63, 3.8) is 0 Å². The first kappa shape index (κ1) is 21.2. The van der Waals surface area contributed by atoms with Gasteiger partial charge >= 0.3 is 6.18 Å². The highest BCUT2D eigenvalue weighted by atomic mass is 32.2. The maximum absolute atomic E-state index is 13.8. The summed E-state index contributed by atoms with van der Waals surface area (Å²) in [6.45, 7) is 0. The van der Waals surface area contributed by atoms with Gasteiger partial charge in [-0.3, -0.25) is 9.59 Å². The number of aromatic nitrogens is 3. The van der Waals surface area contributed by atoms with Crippen LogP contribution in [-0.4, -0.2) is 26.5 Å². The molecule has 0 atom stereocenters. The van der Waals surface area contributed by atoms with Crippen LogP contribution in [0.5, 0.6) is 0 Å². The van der Waals surface area contributed by atoms with Gasteiger partial charge in [0.2, 0.25) is 0 Å². The molecule has 158 valence electrons. The fraction of sp³-hybridized carbons (Fsp3) is 0.100. The zero-order valence-electron chi connectivity index (χ0n) is 15.4. The van der Waals surface area contributed by atoms with Crippen LogP contribution in [0.15, 0.2) is 57.8 Å². The van der Waals surface area contributed by atoms with Crippen LogP contribution < -0.4 is 5.56 Å². The number of halogens is 4. The number of benzene rings is 1. The molecule has 0 amide bonds. The minimum atomic E-state index is -4.79. The lowest BCUT2D eigenvalue weighted by Gasteiger charge is -2.11. The van der Waals surface area contributed by atoms with E-state index in [4.69, 9.17) is 0 Å². The smallest absolute Gasteiger partial charge is 0.301 e. The summed E-state index contributed by atoms with van der Waals surface area (Å²) in [5.41, 5.74) is -2.65. The topological polar surface area (TPSA) is 75.7 Å². The number of nitrogens with one attached hydrogen (secondary N) is 1. The average Bonchev–Trinajstić information content (AvgIpc) is 3.26. The van der Waals surface area contributed by atoms with E-state index in [2.05, 4.69) is 15.0 Å². The molecular weight excluding hydrogens is 454 g/mol. The molecular formula is C20H11F4N3O2S2. The van der Waals surface area contributed by atoms with Crippen LogP contribution in [0.25, 0.3) is 21.6 Å². The van der Waals surface area contributed by atoms with Crippen molar-refractivity contribution in [3.8, 4) is 10.6 Å². The third kappa shape index (κ3) is 4.37. The second kappa shape index (κ2) is 8.23. The lowest BCUT2D eigenvalue weighted by Crippen LogP contribution is -2.17. The zero-order chi connectivity index (χ0) is 22.2. The maximum Gasteiger partial charge on any atom is 0.417 e. The van der Waals surface area contributed by atoms with Crippen LogP contribution in [0.1, 0.15) is 15.9 Å². The molecule has 1 N–H and O–H groups in total. The molecule has 0 saturated heterocycles. The Morgan fingerprint density at radius 2 is 1.90 bits per heavy atom. The van der Waals surface area contributed by atoms with Crippen molar-refractivity contribution in [1.82, 2.24) is 15.0 Å². The Morgan fingerprint density at radius 3 is 2.58 bits per heavy atom. The molecule has 3 heterocycles. The van der Waals surface area contributed by atoms with E-state index in [0.717, 1.165) is 23.9 Å². The molecule has 4 aromatic rings. The molecule has 0 unspecified atom stereocenters. The van der Waals surface area contributed by atoms with Crippen molar-refractivity contribution in [1.29, 1.82) is 0 Å². The number of aromatic amines is 1. The monoisotopic (exact) mass is 465 g/mol. The summed E-state index contributed by atoms with van der Waals surface area (Å²) in [7, 11) is 0. The van der Waals surface area contributed by atoms with Gasteiger partial charge in [-0.15, -0.1) is 11.3 Å². The summed E-state index contributed by atoms with van der Waals surface area (Å²) in [6, 6.07) is 9.50. The number of carbonyl (C=O) groups excluding carboxylic acids is 1. The van der Waals surface area contributed by atoms with Crippen LogP contribution >= 0.6 is 23.1 Å². The Morgan fingerprint density at radius 1 is 1.13 bits per heavy atom. The van der Waals surface area contributed by atoms with Gasteiger partial charge in [-0.1, -0.05) is 30.0 Å². The SMILES string of the molecule is O=C(CSc1nc2nc(-c3cccs3)cc(C(F)(F)F)c2c(=O)[nH]1)c1ccccc1F. The maximum atomic E-state index is 13.8. The van der Waals surface area contributed by atoms with E-state index in [9.17, 15) is 27.2 Å². The van der Waals surface area contributed by atoms with E-state index in [1.165, 1.54) is 29.5 Å². The van der Waals surface area contributed by atoms with Crippen LogP contribution in [-0.2, 0) is 6.18 Å². The molecule has 0 aliphatic carbocycles. The number of H-pyrrole nitrogens is 1. The van der Waals surface area contributed by atoms with Crippen LogP contribution in [0, 0.1) is 5.82 Å². The first-order valence-electron chi connectivity index (χ1n) is 8.70. The van der Waals surface area contributed by atoms with E-state index in [1.54, 1.807) is 17.5 Å². The molecule has 3 aromatic heterocycles. The number of thioether (sulfide) groups is 1. The van der Waals surface area contributed by atoms with Gasteiger partial charge in [-0.05, 0) is 29.6 Å². The Kier molecular flexibility index (Phi) is 5.63. The van der Waals surface area contributed by atoms with Gasteiger partial charge in [-0.25, -0.2) is 14.4 Å². The fourth-order valence-corrected chi connectivity index (χ4v) is 4.29. The second-order valence-electron chi connectivity index (χ2n) is 6.29. The van der Waals surface area contributed by atoms with Crippen molar-refractivity contribution < 1.29 is 22.4 Å². The summed E-state index contributed by atoms with van der Waals surface area (Å²) in [6.07, 6.45) is -4.79. The number of thiophene rings is 1. The number of rotatable bonds is 5. The summed E-state index contributed by atoms with van der Waals surface area (Å²) in [5, 5.41) is 0.915. The lowest BCUT2D eigenvalue weighted by atomic mass is 10.1. The van der Waals surface area contributed by atoms with Crippen LogP contribution in [0.2, 0.25) is 0 Å². The number of alkyl halides is 3. The van der Waals surface area contributed by atoms with E-state index < -0.39 is 34.3 Å². The minimum absolute atomic E-state index is 0.0336. The molecule has 0 radical (unpaired) electrons. The molecule has 0 fully saturated rings. The van der Waals surface area contributed by atoms with Crippen LogP contribution in [0.3, 0.4) is 0 Å². The molecule has 1 aromatic carbocycles. The van der Waals surface area contributed by atoms with Gasteiger partial charge in [0.15, 0.2) is 16.6 Å². The van der Waals surface area contributed by atoms with Gasteiger partial charge in [0.05, 0.1) is 32.8 Å². The minimum Gasteiger partial charge on any atom is -0.301 e. The highest BCUT2D eigenvalue weighted by molar-refractivity contribution is 7.99. The normalized spacial score (nSPS) is 11.7. The molecule has 11 heteroatoms. The highest BCUT2D eigenvalue weighted by Gasteiger charge is 2.35. The average molecular weight is 465 g/mol. The second-order valence-corrected chi connectivity index (χ2v) is 8.20. The van der Waals surface area contributed by atoms with Crippen molar-refractivity contribution in [2.24, 2.45) is 0 Å². The summed E-state index contributed by atoms with van der Waals surface area (Å²) in [5.74, 6) is -1.51. The molecule has 0 spiro atoms. The van der Waals surface area contributed by atoms with Gasteiger partial charge in [0.1, 0.15) is 5.82 Å². The number of nitrogens with zero attached hydrogens (tertiary/aromatic N) is 2. The van der Waals surface area contributed by atoms with E-state index in [0.29, 0.717) is 4.88 Å².